The lowest BCUT2D eigenvalue weighted by Crippen LogP contribution is -2.47. The molecule has 3 unspecified atom stereocenters. The standard InChI is InChI=1S/C23H26N2O6S/c1-32-13-10-18(25-21(28)16-8-4-5-9-17(16)22(25)29)23(30)31-12-11-24-19(26)14-6-2-3-7-15(14)20(24)27/h2-3,6-7,16-18H,4-5,8-13H2,1H3. The van der Waals surface area contributed by atoms with Crippen molar-refractivity contribution in [3.8, 4) is 0 Å². The molecule has 4 amide bonds. The van der Waals surface area contributed by atoms with Gasteiger partial charge in [0.1, 0.15) is 12.6 Å². The number of ether oxygens (including phenoxy) is 1. The fourth-order valence-corrected chi connectivity index (χ4v) is 5.31. The number of hydrogen-bond donors (Lipinski definition) is 0. The van der Waals surface area contributed by atoms with Gasteiger partial charge in [-0.3, -0.25) is 29.0 Å². The molecule has 3 aliphatic rings. The maximum Gasteiger partial charge on any atom is 0.329 e. The monoisotopic (exact) mass is 458 g/mol. The number of carbonyl (C=O) groups excluding carboxylic acids is 5. The molecule has 1 saturated heterocycles. The molecule has 0 bridgehead atoms. The van der Waals surface area contributed by atoms with Crippen molar-refractivity contribution in [2.45, 2.75) is 38.1 Å². The summed E-state index contributed by atoms with van der Waals surface area (Å²) in [4.78, 5) is 65.9. The quantitative estimate of drug-likeness (QED) is 0.434. The molecule has 0 spiro atoms. The van der Waals surface area contributed by atoms with Gasteiger partial charge in [-0.15, -0.1) is 0 Å². The van der Waals surface area contributed by atoms with Crippen LogP contribution in [0.25, 0.3) is 0 Å². The van der Waals surface area contributed by atoms with Crippen LogP contribution in [0.4, 0.5) is 0 Å². The average molecular weight is 459 g/mol. The molecule has 0 aromatic heterocycles. The van der Waals surface area contributed by atoms with E-state index in [2.05, 4.69) is 0 Å². The van der Waals surface area contributed by atoms with Crippen molar-refractivity contribution in [2.75, 3.05) is 25.2 Å². The van der Waals surface area contributed by atoms with E-state index in [4.69, 9.17) is 4.74 Å². The third-order valence-corrected chi connectivity index (χ3v) is 7.14. The molecular formula is C23H26N2O6S. The number of thioether (sulfide) groups is 1. The van der Waals surface area contributed by atoms with Gasteiger partial charge in [0, 0.05) is 0 Å². The number of hydrogen-bond acceptors (Lipinski definition) is 7. The van der Waals surface area contributed by atoms with Gasteiger partial charge in [0.05, 0.1) is 29.5 Å². The fraction of sp³-hybridized carbons (Fsp3) is 0.522. The Morgan fingerprint density at radius 2 is 1.59 bits per heavy atom. The van der Waals surface area contributed by atoms with Crippen LogP contribution in [0.3, 0.4) is 0 Å². The molecule has 2 heterocycles. The molecule has 170 valence electrons. The number of imide groups is 2. The van der Waals surface area contributed by atoms with Gasteiger partial charge in [-0.25, -0.2) is 4.79 Å². The Labute approximate surface area is 190 Å². The molecule has 9 heteroatoms. The zero-order valence-corrected chi connectivity index (χ0v) is 18.8. The largest absolute Gasteiger partial charge is 0.462 e. The van der Waals surface area contributed by atoms with Crippen LogP contribution in [0, 0.1) is 11.8 Å². The molecule has 2 aliphatic heterocycles. The summed E-state index contributed by atoms with van der Waals surface area (Å²) in [6.07, 6.45) is 5.37. The Morgan fingerprint density at radius 1 is 1.03 bits per heavy atom. The van der Waals surface area contributed by atoms with E-state index in [1.54, 1.807) is 24.3 Å². The van der Waals surface area contributed by atoms with Crippen LogP contribution in [0.15, 0.2) is 24.3 Å². The van der Waals surface area contributed by atoms with Gasteiger partial charge < -0.3 is 4.74 Å². The van der Waals surface area contributed by atoms with E-state index >= 15 is 0 Å². The summed E-state index contributed by atoms with van der Waals surface area (Å²) in [7, 11) is 0. The number of carbonyl (C=O) groups is 5. The first-order valence-electron chi connectivity index (χ1n) is 10.9. The van der Waals surface area contributed by atoms with Gasteiger partial charge >= 0.3 is 5.97 Å². The molecule has 0 N–H and O–H groups in total. The van der Waals surface area contributed by atoms with Crippen LogP contribution < -0.4 is 0 Å². The number of amides is 4. The van der Waals surface area contributed by atoms with Crippen LogP contribution in [0.5, 0.6) is 0 Å². The van der Waals surface area contributed by atoms with Crippen molar-refractivity contribution in [1.29, 1.82) is 0 Å². The highest BCUT2D eigenvalue weighted by Crippen LogP contribution is 2.39. The summed E-state index contributed by atoms with van der Waals surface area (Å²) in [6, 6.07) is 5.57. The Kier molecular flexibility index (Phi) is 6.64. The third kappa shape index (κ3) is 3.94. The van der Waals surface area contributed by atoms with E-state index in [-0.39, 0.29) is 36.8 Å². The van der Waals surface area contributed by atoms with E-state index in [1.165, 1.54) is 11.8 Å². The van der Waals surface area contributed by atoms with Crippen molar-refractivity contribution in [1.82, 2.24) is 9.80 Å². The lowest BCUT2D eigenvalue weighted by molar-refractivity contribution is -0.159. The van der Waals surface area contributed by atoms with Crippen molar-refractivity contribution in [3.05, 3.63) is 35.4 Å². The summed E-state index contributed by atoms with van der Waals surface area (Å²) in [5, 5.41) is 0. The maximum absolute atomic E-state index is 12.9. The van der Waals surface area contributed by atoms with E-state index in [0.717, 1.165) is 22.6 Å². The summed E-state index contributed by atoms with van der Waals surface area (Å²) in [6.45, 7) is -0.274. The van der Waals surface area contributed by atoms with Crippen LogP contribution in [0.1, 0.15) is 52.8 Å². The second-order valence-corrected chi connectivity index (χ2v) is 9.30. The minimum atomic E-state index is -0.977. The van der Waals surface area contributed by atoms with Gasteiger partial charge in [-0.2, -0.15) is 11.8 Å². The minimum absolute atomic E-state index is 0.0829. The van der Waals surface area contributed by atoms with E-state index in [0.29, 0.717) is 36.1 Å². The predicted molar refractivity (Wildman–Crippen MR) is 117 cm³/mol. The fourth-order valence-electron chi connectivity index (χ4n) is 4.85. The van der Waals surface area contributed by atoms with Crippen LogP contribution >= 0.6 is 11.8 Å². The predicted octanol–water partition coefficient (Wildman–Crippen LogP) is 2.12. The molecule has 1 saturated carbocycles. The van der Waals surface area contributed by atoms with Crippen molar-refractivity contribution >= 4 is 41.4 Å². The van der Waals surface area contributed by atoms with Crippen molar-refractivity contribution < 1.29 is 28.7 Å². The second-order valence-electron chi connectivity index (χ2n) is 8.32. The highest BCUT2D eigenvalue weighted by atomic mass is 32.2. The van der Waals surface area contributed by atoms with Crippen molar-refractivity contribution in [3.63, 3.8) is 0 Å². The topological polar surface area (TPSA) is 101 Å². The maximum atomic E-state index is 12.9. The normalized spacial score (nSPS) is 23.4. The molecule has 32 heavy (non-hydrogen) atoms. The molecule has 1 aromatic carbocycles. The van der Waals surface area contributed by atoms with Gasteiger partial charge in [-0.05, 0) is 43.4 Å². The second kappa shape index (κ2) is 9.44. The van der Waals surface area contributed by atoms with Gasteiger partial charge in [0.25, 0.3) is 11.8 Å². The van der Waals surface area contributed by atoms with E-state index < -0.39 is 23.8 Å². The minimum Gasteiger partial charge on any atom is -0.462 e. The van der Waals surface area contributed by atoms with Crippen LogP contribution in [-0.2, 0) is 19.1 Å². The third-order valence-electron chi connectivity index (χ3n) is 6.49. The number of fused-ring (bicyclic) bond motifs is 2. The first kappa shape index (κ1) is 22.5. The Hall–Kier alpha value is -2.68. The Balaban J connectivity index is 1.41. The molecule has 0 radical (unpaired) electrons. The lowest BCUT2D eigenvalue weighted by Gasteiger charge is -2.25. The summed E-state index contributed by atoms with van der Waals surface area (Å²) >= 11 is 1.52. The number of rotatable bonds is 8. The number of nitrogens with zero attached hydrogens (tertiary/aromatic N) is 2. The van der Waals surface area contributed by atoms with Gasteiger partial charge in [-0.1, -0.05) is 25.0 Å². The Bertz CT molecular complexity index is 905. The van der Waals surface area contributed by atoms with Gasteiger partial charge in [0.15, 0.2) is 0 Å². The highest BCUT2D eigenvalue weighted by molar-refractivity contribution is 7.98. The van der Waals surface area contributed by atoms with Gasteiger partial charge in [0.2, 0.25) is 11.8 Å². The SMILES string of the molecule is CSCCC(C(=O)OCCN1C(=O)c2ccccc2C1=O)N1C(=O)C2CCCCC2C1=O. The van der Waals surface area contributed by atoms with Crippen LogP contribution in [0.2, 0.25) is 0 Å². The first-order chi connectivity index (χ1) is 15.5. The molecule has 8 nitrogen and oxygen atoms in total. The summed E-state index contributed by atoms with van der Waals surface area (Å²) in [5.41, 5.74) is 0.662. The smallest absolute Gasteiger partial charge is 0.329 e. The molecule has 3 atom stereocenters. The van der Waals surface area contributed by atoms with Crippen molar-refractivity contribution in [2.24, 2.45) is 11.8 Å². The van der Waals surface area contributed by atoms with E-state index in [1.807, 2.05) is 6.26 Å². The number of benzene rings is 1. The molecule has 1 aliphatic carbocycles. The molecular weight excluding hydrogens is 432 g/mol. The zero-order chi connectivity index (χ0) is 22.8. The number of esters is 1. The zero-order valence-electron chi connectivity index (χ0n) is 18.0. The molecule has 4 rings (SSSR count). The molecule has 2 fully saturated rings. The van der Waals surface area contributed by atoms with E-state index in [9.17, 15) is 24.0 Å². The lowest BCUT2D eigenvalue weighted by atomic mass is 9.81. The first-order valence-corrected chi connectivity index (χ1v) is 12.3. The Morgan fingerprint density at radius 3 is 2.12 bits per heavy atom. The van der Waals surface area contributed by atoms with Crippen LogP contribution in [-0.4, -0.2) is 70.6 Å². The highest BCUT2D eigenvalue weighted by Gasteiger charge is 2.52. The molecule has 1 aromatic rings. The average Bonchev–Trinajstić information content (AvgIpc) is 3.20. The summed E-state index contributed by atoms with van der Waals surface area (Å²) in [5.74, 6) is -2.14. The number of likely N-dealkylation sites (tertiary alicyclic amines) is 1. The summed E-state index contributed by atoms with van der Waals surface area (Å²) < 4.78 is 5.38.